The number of hydrogen-bond donors (Lipinski definition) is 1. The Morgan fingerprint density at radius 2 is 2.00 bits per heavy atom. The van der Waals surface area contributed by atoms with Gasteiger partial charge in [0.15, 0.2) is 0 Å². The fourth-order valence-corrected chi connectivity index (χ4v) is 2.25. The molecule has 0 saturated heterocycles. The third-order valence-corrected chi connectivity index (χ3v) is 3.28. The lowest BCUT2D eigenvalue weighted by atomic mass is 10.1. The Hall–Kier alpha value is -0.590. The van der Waals surface area contributed by atoms with Gasteiger partial charge in [-0.05, 0) is 31.5 Å². The molecule has 0 heterocycles. The first-order valence-electron chi connectivity index (χ1n) is 6.02. The van der Waals surface area contributed by atoms with E-state index in [4.69, 9.17) is 0 Å². The molecule has 1 aromatic carbocycles. The monoisotopic (exact) mass is 339 g/mol. The Balaban J connectivity index is 2.18. The Kier molecular flexibility index (Phi) is 6.82. The molecule has 0 bridgehead atoms. The summed E-state index contributed by atoms with van der Waals surface area (Å²) in [5.41, 5.74) is 1.12. The number of halogens is 4. The maximum absolute atomic E-state index is 11.8. The first-order chi connectivity index (χ1) is 8.90. The molecule has 19 heavy (non-hydrogen) atoms. The fourth-order valence-electron chi connectivity index (χ4n) is 1.62. The van der Waals surface area contributed by atoms with Gasteiger partial charge in [0.25, 0.3) is 0 Å². The topological polar surface area (TPSA) is 21.3 Å². The van der Waals surface area contributed by atoms with Crippen LogP contribution < -0.4 is 5.32 Å². The second kappa shape index (κ2) is 7.87. The first kappa shape index (κ1) is 16.5. The average Bonchev–Trinajstić information content (AvgIpc) is 2.32. The highest BCUT2D eigenvalue weighted by molar-refractivity contribution is 9.10. The molecule has 1 aromatic rings. The van der Waals surface area contributed by atoms with Gasteiger partial charge in [-0.3, -0.25) is 0 Å². The van der Waals surface area contributed by atoms with E-state index >= 15 is 0 Å². The van der Waals surface area contributed by atoms with E-state index in [1.54, 1.807) is 0 Å². The molecule has 6 heteroatoms. The lowest BCUT2D eigenvalue weighted by Crippen LogP contribution is -2.22. The predicted molar refractivity (Wildman–Crippen MR) is 72.1 cm³/mol. The van der Waals surface area contributed by atoms with Crippen LogP contribution in [0.3, 0.4) is 0 Å². The van der Waals surface area contributed by atoms with E-state index < -0.39 is 12.8 Å². The van der Waals surface area contributed by atoms with Gasteiger partial charge in [0, 0.05) is 17.1 Å². The Morgan fingerprint density at radius 3 is 2.63 bits per heavy atom. The fraction of sp³-hybridized carbons (Fsp3) is 0.538. The molecule has 0 amide bonds. The summed E-state index contributed by atoms with van der Waals surface area (Å²) in [5, 5.41) is 3.25. The van der Waals surface area contributed by atoms with Gasteiger partial charge in [-0.1, -0.05) is 34.1 Å². The van der Waals surface area contributed by atoms with Gasteiger partial charge in [-0.2, -0.15) is 13.2 Å². The first-order valence-corrected chi connectivity index (χ1v) is 6.82. The molecule has 0 spiro atoms. The normalized spacial score (nSPS) is 13.5. The van der Waals surface area contributed by atoms with Gasteiger partial charge in [0.2, 0.25) is 0 Å². The second-order valence-corrected chi connectivity index (χ2v) is 5.07. The maximum atomic E-state index is 11.8. The molecule has 108 valence electrons. The number of ether oxygens (including phenoxy) is 1. The van der Waals surface area contributed by atoms with E-state index in [0.717, 1.165) is 10.0 Å². The van der Waals surface area contributed by atoms with Gasteiger partial charge < -0.3 is 10.1 Å². The SMILES string of the molecule is C[C@@H](NCCCOCC(F)(F)F)c1ccccc1Br. The highest BCUT2D eigenvalue weighted by atomic mass is 79.9. The smallest absolute Gasteiger partial charge is 0.372 e. The largest absolute Gasteiger partial charge is 0.411 e. The van der Waals surface area contributed by atoms with E-state index in [9.17, 15) is 13.2 Å². The second-order valence-electron chi connectivity index (χ2n) is 4.22. The molecule has 0 radical (unpaired) electrons. The minimum absolute atomic E-state index is 0.106. The Labute approximate surface area is 119 Å². The van der Waals surface area contributed by atoms with Crippen LogP contribution in [0.25, 0.3) is 0 Å². The minimum atomic E-state index is -4.24. The molecule has 1 N–H and O–H groups in total. The predicted octanol–water partition coefficient (Wildman–Crippen LogP) is 4.07. The van der Waals surface area contributed by atoms with Crippen molar-refractivity contribution < 1.29 is 17.9 Å². The summed E-state index contributed by atoms with van der Waals surface area (Å²) in [6, 6.07) is 7.98. The van der Waals surface area contributed by atoms with E-state index in [0.29, 0.717) is 13.0 Å². The summed E-state index contributed by atoms with van der Waals surface area (Å²) in [6.07, 6.45) is -3.69. The molecule has 2 nitrogen and oxygen atoms in total. The van der Waals surface area contributed by atoms with Crippen LogP contribution in [0.5, 0.6) is 0 Å². The van der Waals surface area contributed by atoms with Crippen molar-refractivity contribution in [1.82, 2.24) is 5.32 Å². The van der Waals surface area contributed by atoms with Crippen LogP contribution in [0.2, 0.25) is 0 Å². The average molecular weight is 340 g/mol. The summed E-state index contributed by atoms with van der Waals surface area (Å²) in [5.74, 6) is 0. The number of nitrogens with one attached hydrogen (secondary N) is 1. The van der Waals surface area contributed by atoms with E-state index in [-0.39, 0.29) is 12.6 Å². The third kappa shape index (κ3) is 6.94. The van der Waals surface area contributed by atoms with Crippen molar-refractivity contribution in [2.24, 2.45) is 0 Å². The van der Waals surface area contributed by atoms with Gasteiger partial charge in [0.05, 0.1) is 0 Å². The zero-order valence-corrected chi connectivity index (χ0v) is 12.2. The number of rotatable bonds is 7. The number of hydrogen-bond acceptors (Lipinski definition) is 2. The van der Waals surface area contributed by atoms with Crippen LogP contribution in [0.1, 0.15) is 24.9 Å². The van der Waals surface area contributed by atoms with Crippen LogP contribution >= 0.6 is 15.9 Å². The molecule has 0 fully saturated rings. The molecule has 0 aliphatic heterocycles. The quantitative estimate of drug-likeness (QED) is 0.756. The summed E-state index contributed by atoms with van der Waals surface area (Å²) in [6.45, 7) is 1.55. The zero-order chi connectivity index (χ0) is 14.3. The van der Waals surface area contributed by atoms with E-state index in [1.165, 1.54) is 0 Å². The molecule has 0 aromatic heterocycles. The molecular weight excluding hydrogens is 323 g/mol. The number of alkyl halides is 3. The molecule has 0 aliphatic rings. The highest BCUT2D eigenvalue weighted by Gasteiger charge is 2.27. The Bertz CT molecular complexity index is 384. The molecule has 1 rings (SSSR count). The summed E-state index contributed by atoms with van der Waals surface area (Å²) in [7, 11) is 0. The van der Waals surface area contributed by atoms with Crippen molar-refractivity contribution in [3.05, 3.63) is 34.3 Å². The lowest BCUT2D eigenvalue weighted by Gasteiger charge is -2.16. The van der Waals surface area contributed by atoms with Crippen LogP contribution in [0, 0.1) is 0 Å². The van der Waals surface area contributed by atoms with E-state index in [2.05, 4.69) is 26.0 Å². The Morgan fingerprint density at radius 1 is 1.32 bits per heavy atom. The molecule has 1 atom stereocenters. The molecule has 0 saturated carbocycles. The maximum Gasteiger partial charge on any atom is 0.411 e. The van der Waals surface area contributed by atoms with Gasteiger partial charge in [0.1, 0.15) is 6.61 Å². The standard InChI is InChI=1S/C13H17BrF3NO/c1-10(11-5-2-3-6-12(11)14)18-7-4-8-19-9-13(15,16)17/h2-3,5-6,10,18H,4,7-9H2,1H3/t10-/m1/s1. The van der Waals surface area contributed by atoms with Crippen LogP contribution in [-0.2, 0) is 4.74 Å². The molecular formula is C13H17BrF3NO. The van der Waals surface area contributed by atoms with Crippen molar-refractivity contribution >= 4 is 15.9 Å². The van der Waals surface area contributed by atoms with Crippen molar-refractivity contribution in [3.8, 4) is 0 Å². The molecule has 0 unspecified atom stereocenters. The summed E-state index contributed by atoms with van der Waals surface area (Å²) in [4.78, 5) is 0. The van der Waals surface area contributed by atoms with Crippen molar-refractivity contribution in [1.29, 1.82) is 0 Å². The van der Waals surface area contributed by atoms with Gasteiger partial charge in [-0.25, -0.2) is 0 Å². The number of benzene rings is 1. The lowest BCUT2D eigenvalue weighted by molar-refractivity contribution is -0.173. The van der Waals surface area contributed by atoms with Crippen LogP contribution in [0.15, 0.2) is 28.7 Å². The van der Waals surface area contributed by atoms with Gasteiger partial charge in [-0.15, -0.1) is 0 Å². The summed E-state index contributed by atoms with van der Waals surface area (Å²) < 4.78 is 41.0. The van der Waals surface area contributed by atoms with Crippen molar-refractivity contribution in [3.63, 3.8) is 0 Å². The highest BCUT2D eigenvalue weighted by Crippen LogP contribution is 2.22. The van der Waals surface area contributed by atoms with Crippen LogP contribution in [0.4, 0.5) is 13.2 Å². The summed E-state index contributed by atoms with van der Waals surface area (Å²) >= 11 is 3.46. The van der Waals surface area contributed by atoms with Crippen molar-refractivity contribution in [2.45, 2.75) is 25.6 Å². The minimum Gasteiger partial charge on any atom is -0.372 e. The van der Waals surface area contributed by atoms with Crippen LogP contribution in [-0.4, -0.2) is 25.9 Å². The molecule has 0 aliphatic carbocycles. The van der Waals surface area contributed by atoms with Gasteiger partial charge >= 0.3 is 6.18 Å². The van der Waals surface area contributed by atoms with E-state index in [1.807, 2.05) is 31.2 Å². The van der Waals surface area contributed by atoms with Crippen molar-refractivity contribution in [2.75, 3.05) is 19.8 Å². The zero-order valence-electron chi connectivity index (χ0n) is 10.6. The third-order valence-electron chi connectivity index (χ3n) is 2.55.